The minimum atomic E-state index is 0.0342. The van der Waals surface area contributed by atoms with Crippen molar-refractivity contribution in [2.24, 2.45) is 0 Å². The van der Waals surface area contributed by atoms with E-state index in [9.17, 15) is 0 Å². The highest BCUT2D eigenvalue weighted by Crippen LogP contribution is 2.34. The minimum Gasteiger partial charge on any atom is -0.373 e. The van der Waals surface area contributed by atoms with Crippen LogP contribution in [-0.2, 0) is 4.74 Å². The molecule has 0 N–H and O–H groups in total. The summed E-state index contributed by atoms with van der Waals surface area (Å²) in [5, 5.41) is 1.35. The Morgan fingerprint density at radius 2 is 1.29 bits per heavy atom. The number of hydrogen-bond acceptors (Lipinski definition) is 1. The van der Waals surface area contributed by atoms with Gasteiger partial charge in [0.15, 0.2) is 0 Å². The predicted molar refractivity (Wildman–Crippen MR) is 105 cm³/mol. The van der Waals surface area contributed by atoms with Crippen molar-refractivity contribution < 1.29 is 4.74 Å². The first-order valence-corrected chi connectivity index (χ1v) is 9.28. The normalized spacial score (nSPS) is 14.0. The van der Waals surface area contributed by atoms with E-state index in [0.29, 0.717) is 27.6 Å². The maximum atomic E-state index is 6.10. The van der Waals surface area contributed by atoms with Crippen molar-refractivity contribution in [3.05, 3.63) is 68.2 Å². The zero-order valence-corrected chi connectivity index (χ0v) is 16.7. The van der Waals surface area contributed by atoms with Crippen LogP contribution in [0.15, 0.2) is 36.4 Å². The molecule has 24 heavy (non-hydrogen) atoms. The molecule has 2 rings (SSSR count). The Labute approximate surface area is 159 Å². The molecule has 0 amide bonds. The first-order chi connectivity index (χ1) is 11.3. The summed E-state index contributed by atoms with van der Waals surface area (Å²) in [6, 6.07) is 12.3. The fourth-order valence-corrected chi connectivity index (χ4v) is 3.11. The second-order valence-corrected chi connectivity index (χ2v) is 7.69. The molecule has 0 radical (unpaired) electrons. The van der Waals surface area contributed by atoms with Gasteiger partial charge < -0.3 is 4.74 Å². The molecule has 0 aliphatic heterocycles. The van der Waals surface area contributed by atoms with Crippen molar-refractivity contribution in [2.75, 3.05) is 6.61 Å². The van der Waals surface area contributed by atoms with Crippen molar-refractivity contribution in [3.8, 4) is 0 Å². The second kappa shape index (κ2) is 8.58. The monoisotopic (exact) mass is 384 g/mol. The molecule has 0 saturated carbocycles. The zero-order chi connectivity index (χ0) is 17.9. The Kier molecular flexibility index (Phi) is 7.00. The van der Waals surface area contributed by atoms with Crippen molar-refractivity contribution in [2.45, 2.75) is 45.6 Å². The van der Waals surface area contributed by atoms with Crippen LogP contribution in [0.3, 0.4) is 0 Å². The van der Waals surface area contributed by atoms with Crippen molar-refractivity contribution in [1.29, 1.82) is 0 Å². The first kappa shape index (κ1) is 19.6. The SMILES string of the molecule is CC(C)c1ccc(C(C)OCC(C)c2cc(Cl)c(Cl)c(Cl)c2)cc1. The van der Waals surface area contributed by atoms with Crippen LogP contribution in [0.25, 0.3) is 0 Å². The van der Waals surface area contributed by atoms with Gasteiger partial charge in [-0.3, -0.25) is 0 Å². The van der Waals surface area contributed by atoms with Crippen molar-refractivity contribution >= 4 is 34.8 Å². The van der Waals surface area contributed by atoms with E-state index in [0.717, 1.165) is 5.56 Å². The maximum absolute atomic E-state index is 6.10. The van der Waals surface area contributed by atoms with E-state index in [1.807, 2.05) is 12.1 Å². The van der Waals surface area contributed by atoms with Gasteiger partial charge in [0.25, 0.3) is 0 Å². The molecule has 1 nitrogen and oxygen atoms in total. The van der Waals surface area contributed by atoms with Gasteiger partial charge in [-0.05, 0) is 41.7 Å². The molecular formula is C20H23Cl3O. The van der Waals surface area contributed by atoms with E-state index in [1.165, 1.54) is 11.1 Å². The summed E-state index contributed by atoms with van der Waals surface area (Å²) >= 11 is 18.2. The van der Waals surface area contributed by atoms with Gasteiger partial charge in [0, 0.05) is 5.92 Å². The summed E-state index contributed by atoms with van der Waals surface area (Å²) in [5.41, 5.74) is 3.54. The minimum absolute atomic E-state index is 0.0342. The fraction of sp³-hybridized carbons (Fsp3) is 0.400. The van der Waals surface area contributed by atoms with Crippen molar-refractivity contribution in [1.82, 2.24) is 0 Å². The van der Waals surface area contributed by atoms with Gasteiger partial charge in [-0.1, -0.05) is 79.8 Å². The molecule has 2 aromatic rings. The summed E-state index contributed by atoms with van der Waals surface area (Å²) in [5.74, 6) is 0.712. The van der Waals surface area contributed by atoms with Crippen LogP contribution in [-0.4, -0.2) is 6.61 Å². The van der Waals surface area contributed by atoms with E-state index in [-0.39, 0.29) is 12.0 Å². The summed E-state index contributed by atoms with van der Waals surface area (Å²) in [6.07, 6.45) is 0.0342. The molecule has 2 aromatic carbocycles. The van der Waals surface area contributed by atoms with Crippen LogP contribution in [0.5, 0.6) is 0 Å². The molecule has 2 unspecified atom stereocenters. The van der Waals surface area contributed by atoms with Gasteiger partial charge in [0.2, 0.25) is 0 Å². The van der Waals surface area contributed by atoms with Crippen LogP contribution in [0.4, 0.5) is 0 Å². The summed E-state index contributed by atoms with van der Waals surface area (Å²) in [4.78, 5) is 0. The standard InChI is InChI=1S/C20H23Cl3O/c1-12(2)15-5-7-16(8-6-15)14(4)24-11-13(3)17-9-18(21)20(23)19(22)10-17/h5-10,12-14H,11H2,1-4H3. The van der Waals surface area contributed by atoms with E-state index in [4.69, 9.17) is 39.5 Å². The van der Waals surface area contributed by atoms with Gasteiger partial charge in [0.1, 0.15) is 0 Å². The van der Waals surface area contributed by atoms with Crippen LogP contribution < -0.4 is 0 Å². The molecule has 2 atom stereocenters. The number of hydrogen-bond donors (Lipinski definition) is 0. The zero-order valence-electron chi connectivity index (χ0n) is 14.4. The van der Waals surface area contributed by atoms with Crippen LogP contribution in [0.2, 0.25) is 15.1 Å². The molecule has 130 valence electrons. The number of ether oxygens (including phenoxy) is 1. The Bertz CT molecular complexity index is 657. The van der Waals surface area contributed by atoms with Crippen molar-refractivity contribution in [3.63, 3.8) is 0 Å². The molecule has 0 saturated heterocycles. The smallest absolute Gasteiger partial charge is 0.0797 e. The molecular weight excluding hydrogens is 363 g/mol. The molecule has 0 aromatic heterocycles. The van der Waals surface area contributed by atoms with Crippen LogP contribution >= 0.6 is 34.8 Å². The van der Waals surface area contributed by atoms with E-state index in [2.05, 4.69) is 52.0 Å². The lowest BCUT2D eigenvalue weighted by Gasteiger charge is -2.19. The largest absolute Gasteiger partial charge is 0.373 e. The van der Waals surface area contributed by atoms with Gasteiger partial charge in [-0.15, -0.1) is 0 Å². The fourth-order valence-electron chi connectivity index (χ4n) is 2.49. The second-order valence-electron chi connectivity index (χ2n) is 6.50. The highest BCUT2D eigenvalue weighted by atomic mass is 35.5. The van der Waals surface area contributed by atoms with Crippen LogP contribution in [0.1, 0.15) is 62.3 Å². The Morgan fingerprint density at radius 1 is 0.792 bits per heavy atom. The van der Waals surface area contributed by atoms with E-state index in [1.54, 1.807) is 0 Å². The first-order valence-electron chi connectivity index (χ1n) is 8.15. The maximum Gasteiger partial charge on any atom is 0.0797 e. The molecule has 0 bridgehead atoms. The summed E-state index contributed by atoms with van der Waals surface area (Å²) < 4.78 is 6.04. The third-order valence-corrected chi connectivity index (χ3v) is 5.44. The highest BCUT2D eigenvalue weighted by molar-refractivity contribution is 6.48. The van der Waals surface area contributed by atoms with Gasteiger partial charge in [-0.2, -0.15) is 0 Å². The predicted octanol–water partition coefficient (Wildman–Crippen LogP) is 7.65. The third-order valence-electron chi connectivity index (χ3n) is 4.24. The Hall–Kier alpha value is -0.730. The Balaban J connectivity index is 1.99. The average molecular weight is 386 g/mol. The quantitative estimate of drug-likeness (QED) is 0.464. The summed E-state index contributed by atoms with van der Waals surface area (Å²) in [7, 11) is 0. The molecule has 0 fully saturated rings. The topological polar surface area (TPSA) is 9.23 Å². The number of rotatable bonds is 6. The molecule has 0 spiro atoms. The third kappa shape index (κ3) is 4.89. The van der Waals surface area contributed by atoms with Gasteiger partial charge >= 0.3 is 0 Å². The lowest BCUT2D eigenvalue weighted by molar-refractivity contribution is 0.0575. The highest BCUT2D eigenvalue weighted by Gasteiger charge is 2.14. The molecule has 0 aliphatic carbocycles. The summed E-state index contributed by atoms with van der Waals surface area (Å²) in [6.45, 7) is 9.13. The van der Waals surface area contributed by atoms with Crippen LogP contribution in [0, 0.1) is 0 Å². The van der Waals surface area contributed by atoms with E-state index < -0.39 is 0 Å². The lowest BCUT2D eigenvalue weighted by atomic mass is 10.00. The Morgan fingerprint density at radius 3 is 1.79 bits per heavy atom. The number of halogens is 3. The van der Waals surface area contributed by atoms with E-state index >= 15 is 0 Å². The average Bonchev–Trinajstić information content (AvgIpc) is 2.56. The van der Waals surface area contributed by atoms with Gasteiger partial charge in [0.05, 0.1) is 27.8 Å². The lowest BCUT2D eigenvalue weighted by Crippen LogP contribution is -2.08. The number of benzene rings is 2. The van der Waals surface area contributed by atoms with Gasteiger partial charge in [-0.25, -0.2) is 0 Å². The molecule has 0 heterocycles. The molecule has 0 aliphatic rings. The molecule has 4 heteroatoms.